The van der Waals surface area contributed by atoms with Crippen LogP contribution in [0.3, 0.4) is 0 Å². The van der Waals surface area contributed by atoms with Crippen LogP contribution >= 0.6 is 11.6 Å². The van der Waals surface area contributed by atoms with Gasteiger partial charge in [0, 0.05) is 5.02 Å². The number of halogens is 2. The van der Waals surface area contributed by atoms with Crippen molar-refractivity contribution in [3.63, 3.8) is 0 Å². The highest BCUT2D eigenvalue weighted by atomic mass is 35.5. The second-order valence-electron chi connectivity index (χ2n) is 5.38. The molecule has 0 heterocycles. The summed E-state index contributed by atoms with van der Waals surface area (Å²) in [6, 6.07) is 12.2. The molecule has 2 aromatic rings. The molecule has 26 heavy (non-hydrogen) atoms. The number of hydrogen-bond donors (Lipinski definition) is 2. The monoisotopic (exact) mass is 380 g/mol. The van der Waals surface area contributed by atoms with Crippen LogP contribution in [-0.2, 0) is 9.59 Å². The van der Waals surface area contributed by atoms with E-state index in [0.29, 0.717) is 10.8 Å². The van der Waals surface area contributed by atoms with Crippen molar-refractivity contribution >= 4 is 23.4 Å². The number of carbonyl (C=O) groups is 2. The van der Waals surface area contributed by atoms with E-state index in [9.17, 15) is 14.0 Å². The molecule has 0 aliphatic carbocycles. The third-order valence-electron chi connectivity index (χ3n) is 3.31. The fourth-order valence-electron chi connectivity index (χ4n) is 1.88. The molecule has 2 rings (SSSR count). The molecule has 0 spiro atoms. The summed E-state index contributed by atoms with van der Waals surface area (Å²) >= 11 is 5.78. The molecule has 6 nitrogen and oxygen atoms in total. The van der Waals surface area contributed by atoms with Gasteiger partial charge in [-0.3, -0.25) is 20.4 Å². The summed E-state index contributed by atoms with van der Waals surface area (Å²) in [7, 11) is 0. The maximum Gasteiger partial charge on any atom is 0.279 e. The highest BCUT2D eigenvalue weighted by Crippen LogP contribution is 2.17. The molecule has 0 aliphatic rings. The number of para-hydroxylation sites is 1. The molecule has 8 heteroatoms. The first-order valence-electron chi connectivity index (χ1n) is 7.80. The van der Waals surface area contributed by atoms with Gasteiger partial charge < -0.3 is 9.47 Å². The Balaban J connectivity index is 1.81. The minimum atomic E-state index is -1.01. The van der Waals surface area contributed by atoms with Crippen molar-refractivity contribution in [2.75, 3.05) is 0 Å². The Hall–Kier alpha value is -2.80. The molecular formula is C18H18ClFN2O4. The molecule has 0 radical (unpaired) electrons. The minimum Gasteiger partial charge on any atom is -0.481 e. The minimum absolute atomic E-state index is 0.0547. The molecule has 2 aromatic carbocycles. The maximum atomic E-state index is 13.5. The van der Waals surface area contributed by atoms with E-state index in [4.69, 9.17) is 21.1 Å². The lowest BCUT2D eigenvalue weighted by Gasteiger charge is -2.18. The van der Waals surface area contributed by atoms with Gasteiger partial charge >= 0.3 is 0 Å². The number of hydrogen-bond acceptors (Lipinski definition) is 4. The molecular weight excluding hydrogens is 363 g/mol. The molecule has 0 saturated carbocycles. The topological polar surface area (TPSA) is 76.7 Å². The second kappa shape index (κ2) is 9.05. The summed E-state index contributed by atoms with van der Waals surface area (Å²) in [4.78, 5) is 23.9. The molecule has 2 N–H and O–H groups in total. The van der Waals surface area contributed by atoms with Crippen molar-refractivity contribution < 1.29 is 23.5 Å². The van der Waals surface area contributed by atoms with Gasteiger partial charge in [-0.1, -0.05) is 23.7 Å². The average Bonchev–Trinajstić information content (AvgIpc) is 2.63. The Kier molecular flexibility index (Phi) is 6.80. The molecule has 0 fully saturated rings. The number of benzene rings is 2. The Labute approximate surface area is 155 Å². The van der Waals surface area contributed by atoms with Crippen LogP contribution in [0, 0.1) is 5.82 Å². The number of rotatable bonds is 6. The van der Waals surface area contributed by atoms with E-state index in [2.05, 4.69) is 10.9 Å². The van der Waals surface area contributed by atoms with Gasteiger partial charge in [-0.15, -0.1) is 0 Å². The number of hydrazine groups is 1. The Bertz CT molecular complexity index is 770. The van der Waals surface area contributed by atoms with Crippen molar-refractivity contribution in [3.05, 3.63) is 59.4 Å². The van der Waals surface area contributed by atoms with Crippen LogP contribution in [0.4, 0.5) is 4.39 Å². The Morgan fingerprint density at radius 2 is 1.46 bits per heavy atom. The fourth-order valence-corrected chi connectivity index (χ4v) is 2.01. The van der Waals surface area contributed by atoms with Gasteiger partial charge in [0.2, 0.25) is 0 Å². The summed E-state index contributed by atoms with van der Waals surface area (Å²) in [6.45, 7) is 2.96. The maximum absolute atomic E-state index is 13.5. The normalized spacial score (nSPS) is 12.6. The van der Waals surface area contributed by atoms with E-state index in [1.807, 2.05) is 0 Å². The zero-order valence-corrected chi connectivity index (χ0v) is 14.9. The van der Waals surface area contributed by atoms with Crippen molar-refractivity contribution in [1.29, 1.82) is 0 Å². The van der Waals surface area contributed by atoms with Gasteiger partial charge in [-0.05, 0) is 50.2 Å². The zero-order valence-electron chi connectivity index (χ0n) is 14.2. The van der Waals surface area contributed by atoms with Crippen LogP contribution in [0.2, 0.25) is 5.02 Å². The first kappa shape index (κ1) is 19.5. The molecule has 0 aliphatic heterocycles. The predicted molar refractivity (Wildman–Crippen MR) is 94.3 cm³/mol. The summed E-state index contributed by atoms with van der Waals surface area (Å²) in [5.41, 5.74) is 4.44. The second-order valence-corrected chi connectivity index (χ2v) is 5.82. The SMILES string of the molecule is CC(Oc1ccc(Cl)cc1)C(=O)NNC(=O)C(C)Oc1ccccc1F. The van der Waals surface area contributed by atoms with Gasteiger partial charge in [0.15, 0.2) is 23.8 Å². The van der Waals surface area contributed by atoms with Crippen LogP contribution in [0.5, 0.6) is 11.5 Å². The molecule has 2 atom stereocenters. The first-order chi connectivity index (χ1) is 12.4. The zero-order chi connectivity index (χ0) is 19.1. The van der Waals surface area contributed by atoms with Crippen molar-refractivity contribution in [1.82, 2.24) is 10.9 Å². The molecule has 2 unspecified atom stereocenters. The van der Waals surface area contributed by atoms with Crippen LogP contribution < -0.4 is 20.3 Å². The quantitative estimate of drug-likeness (QED) is 0.755. The van der Waals surface area contributed by atoms with Gasteiger partial charge in [0.05, 0.1) is 0 Å². The lowest BCUT2D eigenvalue weighted by molar-refractivity contribution is -0.135. The largest absolute Gasteiger partial charge is 0.481 e. The van der Waals surface area contributed by atoms with E-state index in [1.54, 1.807) is 30.3 Å². The van der Waals surface area contributed by atoms with Crippen molar-refractivity contribution in [2.45, 2.75) is 26.1 Å². The van der Waals surface area contributed by atoms with Gasteiger partial charge in [0.25, 0.3) is 11.8 Å². The van der Waals surface area contributed by atoms with Crippen LogP contribution in [-0.4, -0.2) is 24.0 Å². The summed E-state index contributed by atoms with van der Waals surface area (Å²) in [6.07, 6.45) is -1.88. The smallest absolute Gasteiger partial charge is 0.279 e. The predicted octanol–water partition coefficient (Wildman–Crippen LogP) is 2.86. The van der Waals surface area contributed by atoms with E-state index in [-0.39, 0.29) is 5.75 Å². The summed E-state index contributed by atoms with van der Waals surface area (Å²) in [5, 5.41) is 0.547. The number of carbonyl (C=O) groups excluding carboxylic acids is 2. The van der Waals surface area contributed by atoms with Crippen LogP contribution in [0.25, 0.3) is 0 Å². The number of nitrogens with one attached hydrogen (secondary N) is 2. The van der Waals surface area contributed by atoms with E-state index < -0.39 is 29.8 Å². The molecule has 0 saturated heterocycles. The number of ether oxygens (including phenoxy) is 2. The van der Waals surface area contributed by atoms with Gasteiger partial charge in [-0.25, -0.2) is 4.39 Å². The van der Waals surface area contributed by atoms with E-state index >= 15 is 0 Å². The molecule has 138 valence electrons. The van der Waals surface area contributed by atoms with Gasteiger partial charge in [0.1, 0.15) is 5.75 Å². The highest BCUT2D eigenvalue weighted by Gasteiger charge is 2.19. The molecule has 0 bridgehead atoms. The first-order valence-corrected chi connectivity index (χ1v) is 8.17. The van der Waals surface area contributed by atoms with Crippen LogP contribution in [0.1, 0.15) is 13.8 Å². The number of amides is 2. The Morgan fingerprint density at radius 3 is 2.04 bits per heavy atom. The van der Waals surface area contributed by atoms with E-state index in [0.717, 1.165) is 0 Å². The van der Waals surface area contributed by atoms with Crippen LogP contribution in [0.15, 0.2) is 48.5 Å². The van der Waals surface area contributed by atoms with Gasteiger partial charge in [-0.2, -0.15) is 0 Å². The molecule has 2 amide bonds. The molecule has 0 aromatic heterocycles. The summed E-state index contributed by atoms with van der Waals surface area (Å²) < 4.78 is 24.2. The third-order valence-corrected chi connectivity index (χ3v) is 3.57. The standard InChI is InChI=1S/C18H18ClFN2O4/c1-11(25-14-9-7-13(19)8-10-14)17(23)21-22-18(24)12(2)26-16-6-4-3-5-15(16)20/h3-12H,1-2H3,(H,21,23)(H,22,24). The third kappa shape index (κ3) is 5.63. The fraction of sp³-hybridized carbons (Fsp3) is 0.222. The highest BCUT2D eigenvalue weighted by molar-refractivity contribution is 6.30. The lowest BCUT2D eigenvalue weighted by atomic mass is 10.3. The average molecular weight is 381 g/mol. The van der Waals surface area contributed by atoms with Crippen molar-refractivity contribution in [3.8, 4) is 11.5 Å². The Morgan fingerprint density at radius 1 is 0.923 bits per heavy atom. The lowest BCUT2D eigenvalue weighted by Crippen LogP contribution is -2.50. The summed E-state index contributed by atoms with van der Waals surface area (Å²) in [5.74, 6) is -1.38. The van der Waals surface area contributed by atoms with Crippen molar-refractivity contribution in [2.24, 2.45) is 0 Å². The van der Waals surface area contributed by atoms with E-state index in [1.165, 1.54) is 32.0 Å².